The molecule has 170 valence electrons. The lowest BCUT2D eigenvalue weighted by molar-refractivity contribution is -0.377. The van der Waals surface area contributed by atoms with Gasteiger partial charge in [0.1, 0.15) is 42.7 Å². The molecule has 12 heteroatoms. The summed E-state index contributed by atoms with van der Waals surface area (Å²) in [7, 11) is 0. The van der Waals surface area contributed by atoms with Crippen LogP contribution < -0.4 is 0 Å². The van der Waals surface area contributed by atoms with Crippen LogP contribution in [0.4, 0.5) is 0 Å². The lowest BCUT2D eigenvalue weighted by atomic mass is 9.97. The zero-order chi connectivity index (χ0) is 21.9. The van der Waals surface area contributed by atoms with Crippen LogP contribution in [0.1, 0.15) is 20.3 Å². The highest BCUT2D eigenvalue weighted by Gasteiger charge is 2.51. The number of carbonyl (C=O) groups excluding carboxylic acids is 1. The van der Waals surface area contributed by atoms with Crippen molar-refractivity contribution in [1.82, 2.24) is 0 Å². The predicted molar refractivity (Wildman–Crippen MR) is 91.9 cm³/mol. The Morgan fingerprint density at radius 3 is 1.90 bits per heavy atom. The van der Waals surface area contributed by atoms with Crippen LogP contribution in [0.2, 0.25) is 0 Å². The van der Waals surface area contributed by atoms with E-state index in [-0.39, 0.29) is 0 Å². The molecule has 2 fully saturated rings. The molecule has 0 bridgehead atoms. The van der Waals surface area contributed by atoms with Crippen molar-refractivity contribution in [2.45, 2.75) is 81.7 Å². The second kappa shape index (κ2) is 10.4. The molecule has 0 aliphatic carbocycles. The van der Waals surface area contributed by atoms with Gasteiger partial charge in [0.25, 0.3) is 0 Å². The van der Waals surface area contributed by atoms with E-state index in [9.17, 15) is 40.5 Å². The van der Waals surface area contributed by atoms with Gasteiger partial charge in [0.2, 0.25) is 6.29 Å². The second-order valence-electron chi connectivity index (χ2n) is 7.25. The Kier molecular flexibility index (Phi) is 8.72. The molecule has 0 aromatic rings. The number of aliphatic hydroxyl groups is 7. The fourth-order valence-electron chi connectivity index (χ4n) is 3.02. The number of ether oxygens (including phenoxy) is 4. The van der Waals surface area contributed by atoms with Gasteiger partial charge in [0.15, 0.2) is 12.4 Å². The highest BCUT2D eigenvalue weighted by molar-refractivity contribution is 5.72. The topological polar surface area (TPSA) is 196 Å². The molecule has 2 rings (SSSR count). The maximum atomic E-state index is 12.2. The predicted octanol–water partition coefficient (Wildman–Crippen LogP) is -3.80. The summed E-state index contributed by atoms with van der Waals surface area (Å²) in [6.45, 7) is 1.96. The molecule has 2 aliphatic rings. The summed E-state index contributed by atoms with van der Waals surface area (Å²) < 4.78 is 21.3. The number of esters is 1. The number of hydrogen-bond acceptors (Lipinski definition) is 12. The number of aliphatic hydroxyl groups excluding tert-OH is 7. The van der Waals surface area contributed by atoms with Crippen molar-refractivity contribution in [3.05, 3.63) is 0 Å². The molecule has 2 heterocycles. The van der Waals surface area contributed by atoms with Crippen LogP contribution in [0.25, 0.3) is 0 Å². The summed E-state index contributed by atoms with van der Waals surface area (Å²) in [5.41, 5.74) is 0. The summed E-state index contributed by atoms with van der Waals surface area (Å²) in [4.78, 5) is 12.2. The van der Waals surface area contributed by atoms with E-state index in [1.165, 1.54) is 0 Å². The molecular weight excluding hydrogens is 396 g/mol. The van der Waals surface area contributed by atoms with Gasteiger partial charge in [0, 0.05) is 0 Å². The van der Waals surface area contributed by atoms with E-state index in [1.54, 1.807) is 13.8 Å². The molecule has 29 heavy (non-hydrogen) atoms. The van der Waals surface area contributed by atoms with Gasteiger partial charge < -0.3 is 54.7 Å². The summed E-state index contributed by atoms with van der Waals surface area (Å²) in [5.74, 6) is -1.22. The number of carbonyl (C=O) groups is 1. The fraction of sp³-hybridized carbons (Fsp3) is 0.941. The van der Waals surface area contributed by atoms with Gasteiger partial charge in [-0.1, -0.05) is 13.8 Å². The molecule has 2 aliphatic heterocycles. The first-order valence-electron chi connectivity index (χ1n) is 9.45. The fourth-order valence-corrected chi connectivity index (χ4v) is 3.02. The van der Waals surface area contributed by atoms with Crippen molar-refractivity contribution in [1.29, 1.82) is 0 Å². The number of hydrogen-bond donors (Lipinski definition) is 7. The zero-order valence-electron chi connectivity index (χ0n) is 16.1. The Morgan fingerprint density at radius 1 is 0.862 bits per heavy atom. The smallest absolute Gasteiger partial charge is 0.309 e. The van der Waals surface area contributed by atoms with Crippen LogP contribution in [0.15, 0.2) is 0 Å². The maximum absolute atomic E-state index is 12.2. The van der Waals surface area contributed by atoms with E-state index in [4.69, 9.17) is 18.9 Å². The first kappa shape index (κ1) is 24.3. The van der Waals surface area contributed by atoms with Crippen molar-refractivity contribution in [3.8, 4) is 0 Å². The van der Waals surface area contributed by atoms with Crippen molar-refractivity contribution >= 4 is 5.97 Å². The standard InChI is InChI=1S/C17H30O12/c1-3-6(2)15(25)28-14-12(23)10(21)8(5-19)27-17(14)29-16-13(24)11(22)9(20)7(4-18)26-16/h6-14,16-24H,3-5H2,1-2H3/t6?,7-,8-,9-,10-,11+,12+,13-,14-,16-,17-/m0/s1. The lowest BCUT2D eigenvalue weighted by Crippen LogP contribution is -2.64. The quantitative estimate of drug-likeness (QED) is 0.196. The molecule has 12 nitrogen and oxygen atoms in total. The second-order valence-corrected chi connectivity index (χ2v) is 7.25. The minimum atomic E-state index is -1.76. The van der Waals surface area contributed by atoms with Crippen LogP contribution in [-0.2, 0) is 23.7 Å². The SMILES string of the molecule is CCC(C)C(=O)O[C@@H]1[C@H](O[C@@H]2O[C@@H](CO)[C@H](O)[C@@H](O)[C@@H]2O)O[C@@H](CO)[C@H](O)[C@H]1O. The molecule has 0 radical (unpaired) electrons. The monoisotopic (exact) mass is 426 g/mol. The Labute approximate surface area is 167 Å². The molecule has 0 aromatic heterocycles. The number of rotatable bonds is 7. The van der Waals surface area contributed by atoms with Gasteiger partial charge in [-0.3, -0.25) is 4.79 Å². The van der Waals surface area contributed by atoms with Crippen molar-refractivity contribution in [3.63, 3.8) is 0 Å². The van der Waals surface area contributed by atoms with Crippen molar-refractivity contribution in [2.24, 2.45) is 5.92 Å². The summed E-state index contributed by atoms with van der Waals surface area (Å²) in [6, 6.07) is 0. The summed E-state index contributed by atoms with van der Waals surface area (Å²) in [5, 5.41) is 68.9. The van der Waals surface area contributed by atoms with E-state index in [1.807, 2.05) is 0 Å². The van der Waals surface area contributed by atoms with Gasteiger partial charge in [0.05, 0.1) is 19.1 Å². The highest BCUT2D eigenvalue weighted by Crippen LogP contribution is 2.30. The zero-order valence-corrected chi connectivity index (χ0v) is 16.1. The van der Waals surface area contributed by atoms with Crippen LogP contribution in [0.5, 0.6) is 0 Å². The maximum Gasteiger partial charge on any atom is 0.309 e. The average molecular weight is 426 g/mol. The van der Waals surface area contributed by atoms with E-state index in [2.05, 4.69) is 0 Å². The highest BCUT2D eigenvalue weighted by atomic mass is 16.8. The Bertz CT molecular complexity index is 531. The third-order valence-electron chi connectivity index (χ3n) is 5.21. The molecule has 2 saturated heterocycles. The molecule has 11 atom stereocenters. The third kappa shape index (κ3) is 5.22. The molecule has 0 saturated carbocycles. The van der Waals surface area contributed by atoms with E-state index >= 15 is 0 Å². The third-order valence-corrected chi connectivity index (χ3v) is 5.21. The molecule has 0 spiro atoms. The molecule has 0 aromatic carbocycles. The average Bonchev–Trinajstić information content (AvgIpc) is 2.72. The van der Waals surface area contributed by atoms with Gasteiger partial charge in [-0.25, -0.2) is 0 Å². The lowest BCUT2D eigenvalue weighted by Gasteiger charge is -2.45. The van der Waals surface area contributed by atoms with Crippen LogP contribution in [-0.4, -0.2) is 116 Å². The first-order valence-corrected chi connectivity index (χ1v) is 9.45. The minimum Gasteiger partial charge on any atom is -0.454 e. The van der Waals surface area contributed by atoms with Crippen LogP contribution >= 0.6 is 0 Å². The molecular formula is C17H30O12. The van der Waals surface area contributed by atoms with Crippen LogP contribution in [0, 0.1) is 5.92 Å². The Balaban J connectivity index is 2.21. The Hall–Kier alpha value is -0.930. The van der Waals surface area contributed by atoms with E-state index < -0.39 is 86.5 Å². The van der Waals surface area contributed by atoms with Gasteiger partial charge in [-0.15, -0.1) is 0 Å². The van der Waals surface area contributed by atoms with E-state index in [0.717, 1.165) is 0 Å². The molecule has 0 amide bonds. The first-order chi connectivity index (χ1) is 13.7. The summed E-state index contributed by atoms with van der Waals surface area (Å²) in [6.07, 6.45) is -15.3. The summed E-state index contributed by atoms with van der Waals surface area (Å²) >= 11 is 0. The van der Waals surface area contributed by atoms with Crippen LogP contribution in [0.3, 0.4) is 0 Å². The van der Waals surface area contributed by atoms with Crippen molar-refractivity contribution < 1.29 is 59.5 Å². The normalized spacial score (nSPS) is 44.3. The Morgan fingerprint density at radius 2 is 1.38 bits per heavy atom. The van der Waals surface area contributed by atoms with Gasteiger partial charge in [-0.05, 0) is 6.42 Å². The molecule has 1 unspecified atom stereocenters. The van der Waals surface area contributed by atoms with Gasteiger partial charge in [-0.2, -0.15) is 0 Å². The van der Waals surface area contributed by atoms with Gasteiger partial charge >= 0.3 is 5.97 Å². The largest absolute Gasteiger partial charge is 0.454 e. The van der Waals surface area contributed by atoms with Crippen molar-refractivity contribution in [2.75, 3.05) is 13.2 Å². The molecule has 7 N–H and O–H groups in total. The van der Waals surface area contributed by atoms with E-state index in [0.29, 0.717) is 6.42 Å². The minimum absolute atomic E-state index is 0.447.